The lowest BCUT2D eigenvalue weighted by atomic mass is 10.2. The number of hydrogen-bond acceptors (Lipinski definition) is 5. The molecule has 0 atom stereocenters. The molecular weight excluding hydrogens is 358 g/mol. The van der Waals surface area contributed by atoms with E-state index in [0.29, 0.717) is 36.8 Å². The molecule has 0 bridgehead atoms. The molecule has 2 rings (SSSR count). The van der Waals surface area contributed by atoms with Gasteiger partial charge in [-0.05, 0) is 37.1 Å². The van der Waals surface area contributed by atoms with Crippen LogP contribution < -0.4 is 14.8 Å². The van der Waals surface area contributed by atoms with Gasteiger partial charge >= 0.3 is 5.97 Å². The predicted octanol–water partition coefficient (Wildman–Crippen LogP) is 3.74. The van der Waals surface area contributed by atoms with Crippen LogP contribution in [0.25, 0.3) is 0 Å². The van der Waals surface area contributed by atoms with Crippen LogP contribution in [0, 0.1) is 0 Å². The monoisotopic (exact) mass is 385 g/mol. The fraction of sp³-hybridized carbons (Fsp3) is 0.364. The summed E-state index contributed by atoms with van der Waals surface area (Å²) in [5, 5.41) is 2.71. The Morgan fingerprint density at radius 1 is 0.964 bits per heavy atom. The topological polar surface area (TPSA) is 73.9 Å². The Morgan fingerprint density at radius 3 is 2.46 bits per heavy atom. The summed E-state index contributed by atoms with van der Waals surface area (Å²) in [5.41, 5.74) is 1.28. The molecule has 0 heterocycles. The number of carbonyl (C=O) groups is 2. The second kappa shape index (κ2) is 11.6. The van der Waals surface area contributed by atoms with Crippen molar-refractivity contribution >= 4 is 11.9 Å². The summed E-state index contributed by atoms with van der Waals surface area (Å²) in [6.07, 6.45) is 1.97. The Balaban J connectivity index is 1.88. The number of ether oxygens (including phenoxy) is 3. The number of nitrogens with one attached hydrogen (secondary N) is 1. The molecule has 0 aromatic heterocycles. The van der Waals surface area contributed by atoms with E-state index in [1.54, 1.807) is 18.2 Å². The maximum Gasteiger partial charge on any atom is 0.338 e. The Labute approximate surface area is 165 Å². The van der Waals surface area contributed by atoms with Crippen LogP contribution in [0.1, 0.15) is 42.6 Å². The molecule has 6 nitrogen and oxygen atoms in total. The van der Waals surface area contributed by atoms with Crippen molar-refractivity contribution in [1.82, 2.24) is 5.32 Å². The van der Waals surface area contributed by atoms with Crippen molar-refractivity contribution in [2.75, 3.05) is 19.8 Å². The van der Waals surface area contributed by atoms with E-state index in [4.69, 9.17) is 14.2 Å². The maximum absolute atomic E-state index is 12.3. The van der Waals surface area contributed by atoms with Crippen LogP contribution in [-0.4, -0.2) is 31.7 Å². The van der Waals surface area contributed by atoms with Crippen molar-refractivity contribution in [1.29, 1.82) is 0 Å². The first-order chi connectivity index (χ1) is 13.6. The van der Waals surface area contributed by atoms with Crippen molar-refractivity contribution < 1.29 is 23.8 Å². The molecular formula is C22H27NO5. The zero-order valence-electron chi connectivity index (χ0n) is 16.4. The van der Waals surface area contributed by atoms with Crippen LogP contribution in [0.2, 0.25) is 0 Å². The lowest BCUT2D eigenvalue weighted by Crippen LogP contribution is -2.28. The first-order valence-electron chi connectivity index (χ1n) is 9.51. The first-order valence-corrected chi connectivity index (χ1v) is 9.51. The van der Waals surface area contributed by atoms with Crippen LogP contribution in [0.3, 0.4) is 0 Å². The summed E-state index contributed by atoms with van der Waals surface area (Å²) in [5.74, 6) is 0.131. The minimum Gasteiger partial charge on any atom is -0.490 e. The highest BCUT2D eigenvalue weighted by Crippen LogP contribution is 2.29. The highest BCUT2D eigenvalue weighted by molar-refractivity contribution is 5.92. The molecule has 1 amide bonds. The standard InChI is InChI=1S/C22H27NO5/c1-3-5-13-27-19-12-11-18(14-20(19)26-4-2)22(25)28-16-21(24)23-15-17-9-7-6-8-10-17/h6-12,14H,3-5,13,15-16H2,1-2H3,(H,23,24). The smallest absolute Gasteiger partial charge is 0.338 e. The molecule has 2 aromatic rings. The molecule has 6 heteroatoms. The minimum absolute atomic E-state index is 0.308. The second-order valence-corrected chi connectivity index (χ2v) is 6.14. The quantitative estimate of drug-likeness (QED) is 0.471. The van der Waals surface area contributed by atoms with Crippen molar-refractivity contribution in [2.45, 2.75) is 33.2 Å². The lowest BCUT2D eigenvalue weighted by molar-refractivity contribution is -0.124. The van der Waals surface area contributed by atoms with Crippen LogP contribution in [-0.2, 0) is 16.1 Å². The van der Waals surface area contributed by atoms with Gasteiger partial charge in [0.25, 0.3) is 5.91 Å². The molecule has 0 aliphatic carbocycles. The summed E-state index contributed by atoms with van der Waals surface area (Å²) >= 11 is 0. The third-order valence-electron chi connectivity index (χ3n) is 3.90. The van der Waals surface area contributed by atoms with Crippen LogP contribution in [0.4, 0.5) is 0 Å². The number of rotatable bonds is 11. The van der Waals surface area contributed by atoms with Gasteiger partial charge in [-0.3, -0.25) is 4.79 Å². The molecule has 28 heavy (non-hydrogen) atoms. The van der Waals surface area contributed by atoms with Crippen molar-refractivity contribution in [3.8, 4) is 11.5 Å². The fourth-order valence-corrected chi connectivity index (χ4v) is 2.41. The minimum atomic E-state index is -0.587. The predicted molar refractivity (Wildman–Crippen MR) is 107 cm³/mol. The third-order valence-corrected chi connectivity index (χ3v) is 3.90. The van der Waals surface area contributed by atoms with E-state index >= 15 is 0 Å². The molecule has 0 unspecified atom stereocenters. The molecule has 0 spiro atoms. The zero-order chi connectivity index (χ0) is 20.2. The van der Waals surface area contributed by atoms with Gasteiger partial charge in [-0.15, -0.1) is 0 Å². The Bertz CT molecular complexity index is 761. The van der Waals surface area contributed by atoms with Gasteiger partial charge in [-0.25, -0.2) is 4.79 Å². The Kier molecular flexibility index (Phi) is 8.85. The number of hydrogen-bond donors (Lipinski definition) is 1. The molecule has 0 radical (unpaired) electrons. The molecule has 0 saturated heterocycles. The normalized spacial score (nSPS) is 10.2. The zero-order valence-corrected chi connectivity index (χ0v) is 16.4. The van der Waals surface area contributed by atoms with Gasteiger partial charge in [0.15, 0.2) is 18.1 Å². The molecule has 0 aliphatic heterocycles. The lowest BCUT2D eigenvalue weighted by Gasteiger charge is -2.13. The summed E-state index contributed by atoms with van der Waals surface area (Å²) < 4.78 is 16.4. The second-order valence-electron chi connectivity index (χ2n) is 6.14. The summed E-state index contributed by atoms with van der Waals surface area (Å²) in [6.45, 7) is 5.02. The molecule has 2 aromatic carbocycles. The van der Waals surface area contributed by atoms with Gasteiger partial charge in [0, 0.05) is 6.54 Å². The van der Waals surface area contributed by atoms with Gasteiger partial charge in [-0.2, -0.15) is 0 Å². The van der Waals surface area contributed by atoms with Crippen molar-refractivity contribution in [3.63, 3.8) is 0 Å². The largest absolute Gasteiger partial charge is 0.490 e. The Morgan fingerprint density at radius 2 is 1.75 bits per heavy atom. The SMILES string of the molecule is CCCCOc1ccc(C(=O)OCC(=O)NCc2ccccc2)cc1OCC. The van der Waals surface area contributed by atoms with E-state index in [1.807, 2.05) is 37.3 Å². The average molecular weight is 385 g/mol. The fourth-order valence-electron chi connectivity index (χ4n) is 2.41. The van der Waals surface area contributed by atoms with Gasteiger partial charge < -0.3 is 19.5 Å². The number of esters is 1. The van der Waals surface area contributed by atoms with E-state index in [-0.39, 0.29) is 12.5 Å². The van der Waals surface area contributed by atoms with E-state index < -0.39 is 5.97 Å². The van der Waals surface area contributed by atoms with E-state index in [1.165, 1.54) is 0 Å². The third kappa shape index (κ3) is 6.95. The van der Waals surface area contributed by atoms with Gasteiger partial charge in [-0.1, -0.05) is 43.7 Å². The van der Waals surface area contributed by atoms with Crippen molar-refractivity contribution in [3.05, 3.63) is 59.7 Å². The van der Waals surface area contributed by atoms with Gasteiger partial charge in [0.05, 0.1) is 18.8 Å². The number of unbranched alkanes of at least 4 members (excludes halogenated alkanes) is 1. The highest BCUT2D eigenvalue weighted by Gasteiger charge is 2.14. The highest BCUT2D eigenvalue weighted by atomic mass is 16.5. The summed E-state index contributed by atoms with van der Waals surface area (Å²) in [7, 11) is 0. The molecule has 150 valence electrons. The summed E-state index contributed by atoms with van der Waals surface area (Å²) in [6, 6.07) is 14.4. The number of benzene rings is 2. The number of amides is 1. The first kappa shape index (κ1) is 21.3. The molecule has 1 N–H and O–H groups in total. The molecule has 0 fully saturated rings. The van der Waals surface area contributed by atoms with Crippen LogP contribution in [0.15, 0.2) is 48.5 Å². The Hall–Kier alpha value is -3.02. The number of carbonyl (C=O) groups excluding carboxylic acids is 2. The van der Waals surface area contributed by atoms with E-state index in [9.17, 15) is 9.59 Å². The van der Waals surface area contributed by atoms with Crippen molar-refractivity contribution in [2.24, 2.45) is 0 Å². The molecule has 0 aliphatic rings. The molecule has 0 saturated carbocycles. The maximum atomic E-state index is 12.3. The van der Waals surface area contributed by atoms with E-state index in [2.05, 4.69) is 12.2 Å². The van der Waals surface area contributed by atoms with Crippen LogP contribution in [0.5, 0.6) is 11.5 Å². The summed E-state index contributed by atoms with van der Waals surface area (Å²) in [4.78, 5) is 24.1. The van der Waals surface area contributed by atoms with E-state index in [0.717, 1.165) is 18.4 Å². The van der Waals surface area contributed by atoms with Crippen LogP contribution >= 0.6 is 0 Å². The average Bonchev–Trinajstić information content (AvgIpc) is 2.72. The van der Waals surface area contributed by atoms with Gasteiger partial charge in [0.2, 0.25) is 0 Å². The van der Waals surface area contributed by atoms with Gasteiger partial charge in [0.1, 0.15) is 0 Å².